The smallest absolute Gasteiger partial charge is 0.302 e. The number of aromatic nitrogens is 3. The molecule has 1 aromatic carbocycles. The van der Waals surface area contributed by atoms with Gasteiger partial charge in [-0.2, -0.15) is 5.26 Å². The molecule has 1 aliphatic rings. The topological polar surface area (TPSA) is 93.2 Å². The summed E-state index contributed by atoms with van der Waals surface area (Å²) in [6.45, 7) is 5.82. The van der Waals surface area contributed by atoms with Gasteiger partial charge in [-0.25, -0.2) is 0 Å². The molecule has 0 bridgehead atoms. The summed E-state index contributed by atoms with van der Waals surface area (Å²) in [5.74, 6) is 1.39. The molecule has 3 heterocycles. The Morgan fingerprint density at radius 3 is 2.57 bits per heavy atom. The number of rotatable bonds is 2. The minimum absolute atomic E-state index is 0.245. The van der Waals surface area contributed by atoms with E-state index < -0.39 is 0 Å². The summed E-state index contributed by atoms with van der Waals surface area (Å²) in [5, 5.41) is 19.4. The number of ether oxygens (including phenoxy) is 1. The number of nitriles is 1. The second kappa shape index (κ2) is 9.20. The van der Waals surface area contributed by atoms with E-state index in [-0.39, 0.29) is 5.97 Å². The lowest BCUT2D eigenvalue weighted by Gasteiger charge is -2.09. The van der Waals surface area contributed by atoms with Crippen molar-refractivity contribution in [2.24, 2.45) is 4.99 Å². The molecule has 7 nitrogen and oxygen atoms in total. The van der Waals surface area contributed by atoms with Crippen molar-refractivity contribution in [2.45, 2.75) is 33.7 Å². The van der Waals surface area contributed by atoms with E-state index in [1.807, 2.05) is 31.2 Å². The fourth-order valence-electron chi connectivity index (χ4n) is 3.07. The van der Waals surface area contributed by atoms with E-state index in [4.69, 9.17) is 21.9 Å². The molecule has 4 rings (SSSR count). The van der Waals surface area contributed by atoms with Gasteiger partial charge in [-0.3, -0.25) is 14.4 Å². The van der Waals surface area contributed by atoms with Crippen molar-refractivity contribution in [3.8, 4) is 11.1 Å². The van der Waals surface area contributed by atoms with E-state index in [1.54, 1.807) is 11.3 Å². The van der Waals surface area contributed by atoms with Gasteiger partial charge in [-0.15, -0.1) is 21.5 Å². The Kier molecular flexibility index (Phi) is 6.65. The molecule has 9 heteroatoms. The Hall–Kier alpha value is -3.02. The summed E-state index contributed by atoms with van der Waals surface area (Å²) < 4.78 is 6.17. The number of halogens is 1. The van der Waals surface area contributed by atoms with Crippen LogP contribution in [0.25, 0.3) is 5.00 Å². The van der Waals surface area contributed by atoms with Crippen molar-refractivity contribution in [1.29, 1.82) is 5.26 Å². The quantitative estimate of drug-likeness (QED) is 0.555. The Bertz CT molecular complexity index is 1160. The number of methoxy groups -OCH3 is 1. The average Bonchev–Trinajstić information content (AvgIpc) is 3.18. The maximum absolute atomic E-state index is 9.59. The number of esters is 1. The number of aryl methyl sites for hydroxylation is 1. The van der Waals surface area contributed by atoms with Crippen LogP contribution >= 0.6 is 22.9 Å². The number of thiophene rings is 1. The van der Waals surface area contributed by atoms with Gasteiger partial charge in [-0.1, -0.05) is 23.7 Å². The van der Waals surface area contributed by atoms with Crippen LogP contribution in [0, 0.1) is 25.2 Å². The lowest BCUT2D eigenvalue weighted by Crippen LogP contribution is -2.07. The molecule has 0 atom stereocenters. The molecule has 3 aromatic rings. The Morgan fingerprint density at radius 1 is 1.30 bits per heavy atom. The van der Waals surface area contributed by atoms with Gasteiger partial charge in [0.1, 0.15) is 17.4 Å². The molecule has 0 N–H and O–H groups in total. The molecule has 0 saturated heterocycles. The van der Waals surface area contributed by atoms with Crippen LogP contribution in [0.2, 0.25) is 5.02 Å². The Morgan fingerprint density at radius 2 is 1.97 bits per heavy atom. The predicted molar refractivity (Wildman–Crippen MR) is 117 cm³/mol. The zero-order valence-electron chi connectivity index (χ0n) is 17.1. The number of nitrogens with zero attached hydrogens (tertiary/aromatic N) is 5. The highest BCUT2D eigenvalue weighted by molar-refractivity contribution is 7.15. The van der Waals surface area contributed by atoms with E-state index in [0.29, 0.717) is 18.0 Å². The SMILES string of the molecule is COC(C)=O.Cc1c(CC#N)sc2c1C(c1ccc(Cl)cc1)=NCc1nnc(C)n1-2. The van der Waals surface area contributed by atoms with E-state index in [0.717, 1.165) is 43.9 Å². The first kappa shape index (κ1) is 21.7. The molecule has 0 fully saturated rings. The molecule has 0 spiro atoms. The van der Waals surface area contributed by atoms with Gasteiger partial charge in [0.05, 0.1) is 25.3 Å². The minimum Gasteiger partial charge on any atom is -0.469 e. The van der Waals surface area contributed by atoms with Gasteiger partial charge in [0, 0.05) is 28.0 Å². The van der Waals surface area contributed by atoms with E-state index in [2.05, 4.69) is 32.5 Å². The standard InChI is InChI=1S/C18H14ClN5S.C3H6O2/c1-10-14(7-8-20)25-18-16(10)17(12-3-5-13(19)6-4-12)21-9-15-23-22-11(2)24(15)18;1-3(4)5-2/h3-6H,7,9H2,1-2H3;1-2H3. The number of fused-ring (bicyclic) bond motifs is 3. The van der Waals surface area contributed by atoms with Gasteiger partial charge in [0.25, 0.3) is 0 Å². The number of benzene rings is 1. The highest BCUT2D eigenvalue weighted by Crippen LogP contribution is 2.36. The lowest BCUT2D eigenvalue weighted by molar-refractivity contribution is -0.137. The second-order valence-electron chi connectivity index (χ2n) is 6.53. The van der Waals surface area contributed by atoms with Crippen molar-refractivity contribution < 1.29 is 9.53 Å². The number of hydrogen-bond donors (Lipinski definition) is 0. The summed E-state index contributed by atoms with van der Waals surface area (Å²) in [4.78, 5) is 15.5. The fraction of sp³-hybridized carbons (Fsp3) is 0.286. The van der Waals surface area contributed by atoms with Crippen molar-refractivity contribution >= 4 is 34.6 Å². The zero-order chi connectivity index (χ0) is 21.8. The summed E-state index contributed by atoms with van der Waals surface area (Å²) >= 11 is 7.66. The first-order valence-corrected chi connectivity index (χ1v) is 10.3. The number of hydrogen-bond acceptors (Lipinski definition) is 7. The van der Waals surface area contributed by atoms with Gasteiger partial charge >= 0.3 is 5.97 Å². The van der Waals surface area contributed by atoms with Crippen molar-refractivity contribution in [2.75, 3.05) is 7.11 Å². The second-order valence-corrected chi connectivity index (χ2v) is 8.05. The Balaban J connectivity index is 0.000000461. The van der Waals surface area contributed by atoms with Crippen LogP contribution in [0.4, 0.5) is 0 Å². The summed E-state index contributed by atoms with van der Waals surface area (Å²) in [6.07, 6.45) is 0.383. The predicted octanol–water partition coefficient (Wildman–Crippen LogP) is 4.20. The van der Waals surface area contributed by atoms with Crippen molar-refractivity contribution in [3.05, 3.63) is 62.5 Å². The highest BCUT2D eigenvalue weighted by Gasteiger charge is 2.27. The molecule has 1 aliphatic heterocycles. The maximum atomic E-state index is 9.59. The van der Waals surface area contributed by atoms with Crippen LogP contribution in [0.15, 0.2) is 29.3 Å². The minimum atomic E-state index is -0.245. The molecule has 0 saturated carbocycles. The third-order valence-corrected chi connectivity index (χ3v) is 6.11. The van der Waals surface area contributed by atoms with Crippen LogP contribution in [-0.2, 0) is 22.5 Å². The highest BCUT2D eigenvalue weighted by atomic mass is 35.5. The molecule has 0 amide bonds. The molecule has 0 radical (unpaired) electrons. The molecular weight excluding hydrogens is 422 g/mol. The average molecular weight is 442 g/mol. The maximum Gasteiger partial charge on any atom is 0.302 e. The molecule has 0 unspecified atom stereocenters. The lowest BCUT2D eigenvalue weighted by atomic mass is 9.99. The summed E-state index contributed by atoms with van der Waals surface area (Å²) in [6, 6.07) is 9.95. The van der Waals surface area contributed by atoms with E-state index >= 15 is 0 Å². The van der Waals surface area contributed by atoms with Crippen LogP contribution in [-0.4, -0.2) is 33.6 Å². The number of carbonyl (C=O) groups is 1. The first-order chi connectivity index (χ1) is 14.4. The largest absolute Gasteiger partial charge is 0.469 e. The molecule has 2 aromatic heterocycles. The molecule has 0 aliphatic carbocycles. The van der Waals surface area contributed by atoms with Crippen LogP contribution in [0.1, 0.15) is 40.1 Å². The number of aliphatic imine (C=N–C) groups is 1. The number of carbonyl (C=O) groups excluding carboxylic acids is 1. The van der Waals surface area contributed by atoms with Crippen molar-refractivity contribution in [1.82, 2.24) is 14.8 Å². The van der Waals surface area contributed by atoms with Crippen molar-refractivity contribution in [3.63, 3.8) is 0 Å². The molecular formula is C21H20ClN5O2S. The van der Waals surface area contributed by atoms with Crippen LogP contribution in [0.3, 0.4) is 0 Å². The summed E-state index contributed by atoms with van der Waals surface area (Å²) in [5.41, 5.74) is 4.07. The van der Waals surface area contributed by atoms with Gasteiger partial charge in [0.2, 0.25) is 0 Å². The first-order valence-electron chi connectivity index (χ1n) is 9.13. The molecule has 154 valence electrons. The van der Waals surface area contributed by atoms with Gasteiger partial charge < -0.3 is 4.74 Å². The monoisotopic (exact) mass is 441 g/mol. The summed E-state index contributed by atoms with van der Waals surface area (Å²) in [7, 11) is 1.35. The normalized spacial score (nSPS) is 11.8. The van der Waals surface area contributed by atoms with Gasteiger partial charge in [0.15, 0.2) is 5.82 Å². The molecule has 30 heavy (non-hydrogen) atoms. The van der Waals surface area contributed by atoms with E-state index in [9.17, 15) is 4.79 Å². The Labute approximate surface area is 183 Å². The third kappa shape index (κ3) is 4.27. The van der Waals surface area contributed by atoms with Crippen LogP contribution in [0.5, 0.6) is 0 Å². The zero-order valence-corrected chi connectivity index (χ0v) is 18.6. The van der Waals surface area contributed by atoms with Gasteiger partial charge in [-0.05, 0) is 31.5 Å². The third-order valence-electron chi connectivity index (χ3n) is 4.58. The van der Waals surface area contributed by atoms with E-state index in [1.165, 1.54) is 14.0 Å². The fourth-order valence-corrected chi connectivity index (χ4v) is 4.50. The van der Waals surface area contributed by atoms with Crippen LogP contribution < -0.4 is 0 Å².